The van der Waals surface area contributed by atoms with Crippen molar-refractivity contribution in [3.8, 4) is 11.5 Å². The second-order valence-corrected chi connectivity index (χ2v) is 7.65. The van der Waals surface area contributed by atoms with Crippen LogP contribution in [0.5, 0.6) is 11.5 Å². The van der Waals surface area contributed by atoms with Crippen molar-refractivity contribution in [2.24, 2.45) is 0 Å². The SMILES string of the molecule is O=C(NNC(=O)c1sc2cc(C(F)(F)F)ccc2c1Cl)c1ccc2c(c1)OCCO2. The smallest absolute Gasteiger partial charge is 0.416 e. The molecule has 0 aliphatic carbocycles. The van der Waals surface area contributed by atoms with Crippen LogP contribution in [-0.2, 0) is 6.18 Å². The van der Waals surface area contributed by atoms with Crippen LogP contribution in [0.15, 0.2) is 36.4 Å². The maximum atomic E-state index is 12.9. The summed E-state index contributed by atoms with van der Waals surface area (Å²) in [6.45, 7) is 0.768. The number of carbonyl (C=O) groups is 2. The maximum Gasteiger partial charge on any atom is 0.416 e. The molecule has 4 rings (SSSR count). The molecule has 0 saturated heterocycles. The summed E-state index contributed by atoms with van der Waals surface area (Å²) >= 11 is 6.95. The number of fused-ring (bicyclic) bond motifs is 2. The lowest BCUT2D eigenvalue weighted by molar-refractivity contribution is -0.137. The predicted octanol–water partition coefficient (Wildman–Crippen LogP) is 4.42. The minimum Gasteiger partial charge on any atom is -0.486 e. The molecule has 6 nitrogen and oxygen atoms in total. The van der Waals surface area contributed by atoms with E-state index in [1.165, 1.54) is 18.2 Å². The van der Waals surface area contributed by atoms with Gasteiger partial charge in [-0.25, -0.2) is 0 Å². The Kier molecular flexibility index (Phi) is 5.20. The number of hydrazine groups is 1. The van der Waals surface area contributed by atoms with Crippen LogP contribution in [0, 0.1) is 0 Å². The summed E-state index contributed by atoms with van der Waals surface area (Å²) in [5.41, 5.74) is 3.84. The van der Waals surface area contributed by atoms with Crippen LogP contribution in [0.3, 0.4) is 0 Å². The fourth-order valence-corrected chi connectivity index (χ4v) is 4.27. The predicted molar refractivity (Wildman–Crippen MR) is 104 cm³/mol. The number of hydrogen-bond acceptors (Lipinski definition) is 5. The highest BCUT2D eigenvalue weighted by atomic mass is 35.5. The number of nitrogens with one attached hydrogen (secondary N) is 2. The molecule has 0 bridgehead atoms. The first-order valence-corrected chi connectivity index (χ1v) is 9.73. The molecule has 30 heavy (non-hydrogen) atoms. The van der Waals surface area contributed by atoms with E-state index in [-0.39, 0.29) is 20.2 Å². The van der Waals surface area contributed by atoms with Crippen LogP contribution < -0.4 is 20.3 Å². The van der Waals surface area contributed by atoms with E-state index in [1.807, 2.05) is 0 Å². The molecule has 1 aromatic heterocycles. The lowest BCUT2D eigenvalue weighted by Crippen LogP contribution is -2.41. The zero-order valence-electron chi connectivity index (χ0n) is 14.9. The van der Waals surface area contributed by atoms with Crippen molar-refractivity contribution in [1.82, 2.24) is 10.9 Å². The quantitative estimate of drug-likeness (QED) is 0.560. The molecule has 11 heteroatoms. The Bertz CT molecular complexity index is 1160. The van der Waals surface area contributed by atoms with E-state index in [4.69, 9.17) is 21.1 Å². The van der Waals surface area contributed by atoms with Crippen LogP contribution in [0.1, 0.15) is 25.6 Å². The summed E-state index contributed by atoms with van der Waals surface area (Å²) in [4.78, 5) is 24.7. The van der Waals surface area contributed by atoms with Gasteiger partial charge in [0.25, 0.3) is 11.8 Å². The van der Waals surface area contributed by atoms with E-state index >= 15 is 0 Å². The van der Waals surface area contributed by atoms with Crippen LogP contribution >= 0.6 is 22.9 Å². The van der Waals surface area contributed by atoms with Gasteiger partial charge in [-0.3, -0.25) is 20.4 Å². The Morgan fingerprint density at radius 2 is 1.67 bits per heavy atom. The lowest BCUT2D eigenvalue weighted by atomic mass is 10.1. The molecular formula is C19H12ClF3N2O4S. The van der Waals surface area contributed by atoms with Crippen LogP contribution in [0.25, 0.3) is 10.1 Å². The van der Waals surface area contributed by atoms with Gasteiger partial charge in [-0.2, -0.15) is 13.2 Å². The lowest BCUT2D eigenvalue weighted by Gasteiger charge is -2.18. The molecule has 2 N–H and O–H groups in total. The number of ether oxygens (including phenoxy) is 2. The van der Waals surface area contributed by atoms with E-state index in [9.17, 15) is 22.8 Å². The van der Waals surface area contributed by atoms with E-state index in [0.717, 1.165) is 23.5 Å². The van der Waals surface area contributed by atoms with Crippen LogP contribution in [-0.4, -0.2) is 25.0 Å². The van der Waals surface area contributed by atoms with Gasteiger partial charge in [-0.05, 0) is 30.3 Å². The zero-order chi connectivity index (χ0) is 21.5. The third-order valence-corrected chi connectivity index (χ3v) is 5.91. The number of benzene rings is 2. The normalized spacial score (nSPS) is 13.2. The monoisotopic (exact) mass is 456 g/mol. The topological polar surface area (TPSA) is 76.7 Å². The van der Waals surface area contributed by atoms with E-state index in [2.05, 4.69) is 10.9 Å². The molecule has 2 amide bonds. The first kappa shape index (κ1) is 20.3. The second-order valence-electron chi connectivity index (χ2n) is 6.22. The largest absolute Gasteiger partial charge is 0.486 e. The highest BCUT2D eigenvalue weighted by Crippen LogP contribution is 2.39. The van der Waals surface area contributed by atoms with Crippen molar-refractivity contribution in [3.63, 3.8) is 0 Å². The molecule has 0 atom stereocenters. The Balaban J connectivity index is 1.49. The van der Waals surface area contributed by atoms with Gasteiger partial charge in [0.1, 0.15) is 18.1 Å². The standard InChI is InChI=1S/C19H12ClF3N2O4S/c20-15-11-3-2-10(19(21,22)23)8-14(11)30-16(15)18(27)25-24-17(26)9-1-4-12-13(7-9)29-6-5-28-12/h1-4,7-8H,5-6H2,(H,24,26)(H,25,27). The summed E-state index contributed by atoms with van der Waals surface area (Å²) in [5.74, 6) is -0.442. The molecule has 1 aliphatic heterocycles. The molecular weight excluding hydrogens is 445 g/mol. The average Bonchev–Trinajstić information content (AvgIpc) is 3.07. The Labute approximate surface area is 176 Å². The molecule has 3 aromatic rings. The van der Waals surface area contributed by atoms with E-state index in [0.29, 0.717) is 30.1 Å². The van der Waals surface area contributed by atoms with Crippen molar-refractivity contribution in [1.29, 1.82) is 0 Å². The molecule has 0 spiro atoms. The summed E-state index contributed by atoms with van der Waals surface area (Å²) in [7, 11) is 0. The van der Waals surface area contributed by atoms with Gasteiger partial charge in [0, 0.05) is 15.6 Å². The third-order valence-electron chi connectivity index (χ3n) is 4.26. The van der Waals surface area contributed by atoms with Crippen molar-refractivity contribution in [2.75, 3.05) is 13.2 Å². The number of thiophene rings is 1. The number of halogens is 4. The van der Waals surface area contributed by atoms with Crippen LogP contribution in [0.2, 0.25) is 5.02 Å². The van der Waals surface area contributed by atoms with Gasteiger partial charge < -0.3 is 9.47 Å². The van der Waals surface area contributed by atoms with E-state index in [1.54, 1.807) is 6.07 Å². The second kappa shape index (κ2) is 7.69. The minimum atomic E-state index is -4.51. The highest BCUT2D eigenvalue weighted by Gasteiger charge is 2.31. The Morgan fingerprint density at radius 1 is 0.967 bits per heavy atom. The molecule has 156 valence electrons. The third kappa shape index (κ3) is 3.88. The number of amides is 2. The Hall–Kier alpha value is -2.98. The first-order chi connectivity index (χ1) is 14.2. The van der Waals surface area contributed by atoms with Crippen molar-refractivity contribution in [3.05, 3.63) is 57.4 Å². The zero-order valence-corrected chi connectivity index (χ0v) is 16.5. The maximum absolute atomic E-state index is 12.9. The highest BCUT2D eigenvalue weighted by molar-refractivity contribution is 7.21. The fraction of sp³-hybridized carbons (Fsp3) is 0.158. The first-order valence-electron chi connectivity index (χ1n) is 8.53. The molecule has 2 aromatic carbocycles. The van der Waals surface area contributed by atoms with Gasteiger partial charge in [0.2, 0.25) is 0 Å². The summed E-state index contributed by atoms with van der Waals surface area (Å²) in [5, 5.41) is 0.327. The molecule has 2 heterocycles. The summed E-state index contributed by atoms with van der Waals surface area (Å²) in [6, 6.07) is 7.58. The van der Waals surface area contributed by atoms with Crippen molar-refractivity contribution < 1.29 is 32.2 Å². The molecule has 0 radical (unpaired) electrons. The van der Waals surface area contributed by atoms with Crippen LogP contribution in [0.4, 0.5) is 13.2 Å². The van der Waals surface area contributed by atoms with Gasteiger partial charge >= 0.3 is 6.18 Å². The van der Waals surface area contributed by atoms with Crippen molar-refractivity contribution in [2.45, 2.75) is 6.18 Å². The number of alkyl halides is 3. The number of rotatable bonds is 2. The Morgan fingerprint density at radius 3 is 2.40 bits per heavy atom. The summed E-state index contributed by atoms with van der Waals surface area (Å²) < 4.78 is 49.6. The summed E-state index contributed by atoms with van der Waals surface area (Å²) in [6.07, 6.45) is -4.51. The fourth-order valence-electron chi connectivity index (χ4n) is 2.81. The van der Waals surface area contributed by atoms with Gasteiger partial charge in [0.15, 0.2) is 11.5 Å². The van der Waals surface area contributed by atoms with Crippen molar-refractivity contribution >= 4 is 44.8 Å². The molecule has 1 aliphatic rings. The number of hydrogen-bond donors (Lipinski definition) is 2. The van der Waals surface area contributed by atoms with E-state index < -0.39 is 23.6 Å². The molecule has 0 saturated carbocycles. The minimum absolute atomic E-state index is 0.00908. The van der Waals surface area contributed by atoms with Gasteiger partial charge in [-0.1, -0.05) is 17.7 Å². The molecule has 0 unspecified atom stereocenters. The molecule has 0 fully saturated rings. The van der Waals surface area contributed by atoms with Gasteiger partial charge in [0.05, 0.1) is 10.6 Å². The van der Waals surface area contributed by atoms with Gasteiger partial charge in [-0.15, -0.1) is 11.3 Å². The average molecular weight is 457 g/mol. The number of carbonyl (C=O) groups excluding carboxylic acids is 2.